The minimum absolute atomic E-state index is 0.0154. The van der Waals surface area contributed by atoms with Crippen molar-refractivity contribution < 1.29 is 4.79 Å². The summed E-state index contributed by atoms with van der Waals surface area (Å²) in [5.74, 6) is 0.648. The lowest BCUT2D eigenvalue weighted by Gasteiger charge is -2.37. The second kappa shape index (κ2) is 8.96. The van der Waals surface area contributed by atoms with Gasteiger partial charge in [0.05, 0.1) is 0 Å². The summed E-state index contributed by atoms with van der Waals surface area (Å²) < 4.78 is 2.98. The highest BCUT2D eigenvalue weighted by molar-refractivity contribution is 5.94. The minimum Gasteiger partial charge on any atom is -0.354 e. The van der Waals surface area contributed by atoms with Gasteiger partial charge in [-0.2, -0.15) is 0 Å². The lowest BCUT2D eigenvalue weighted by Crippen LogP contribution is -2.51. The van der Waals surface area contributed by atoms with Crippen LogP contribution < -0.4 is 16.1 Å². The molecule has 1 saturated heterocycles. The predicted octanol–water partition coefficient (Wildman–Crippen LogP) is 3.43. The Hall–Kier alpha value is -2.83. The summed E-state index contributed by atoms with van der Waals surface area (Å²) in [6.07, 6.45) is 0. The summed E-state index contributed by atoms with van der Waals surface area (Å²) in [5, 5.41) is 0. The number of aromatic nitrogens is 2. The van der Waals surface area contributed by atoms with Gasteiger partial charge in [0, 0.05) is 49.9 Å². The molecule has 0 atom stereocenters. The van der Waals surface area contributed by atoms with E-state index in [9.17, 15) is 14.4 Å². The number of carbonyl (C=O) groups excluding carboxylic acids is 1. The molecule has 1 aliphatic heterocycles. The molecule has 3 rings (SSSR count). The van der Waals surface area contributed by atoms with Crippen molar-refractivity contribution in [1.82, 2.24) is 14.0 Å². The zero-order chi connectivity index (χ0) is 23.8. The number of piperazine rings is 1. The number of anilines is 1. The van der Waals surface area contributed by atoms with Crippen LogP contribution in [0.5, 0.6) is 0 Å². The highest BCUT2D eigenvalue weighted by atomic mass is 16.2. The summed E-state index contributed by atoms with van der Waals surface area (Å²) in [5.41, 5.74) is 1.36. The van der Waals surface area contributed by atoms with Gasteiger partial charge >= 0.3 is 5.69 Å². The van der Waals surface area contributed by atoms with Crippen molar-refractivity contribution in [2.45, 2.75) is 66.0 Å². The lowest BCUT2D eigenvalue weighted by molar-refractivity contribution is 0.0746. The third-order valence-electron chi connectivity index (χ3n) is 6.07. The number of benzene rings is 1. The average molecular weight is 441 g/mol. The molecule has 1 aromatic heterocycles. The SMILES string of the molecule is CC(C)n1c(N2CCN(C(=O)c3ccc(C(C)(C)C)cc3)CC2)cc(=O)n(C(C)C)c1=O. The standard InChI is InChI=1S/C25H36N4O3/c1-17(2)28-21(16-22(30)29(18(3)4)24(28)32)26-12-14-27(15-13-26)23(31)19-8-10-20(11-9-19)25(5,6)7/h8-11,16-18H,12-15H2,1-7H3. The van der Waals surface area contributed by atoms with E-state index < -0.39 is 0 Å². The lowest BCUT2D eigenvalue weighted by atomic mass is 9.86. The van der Waals surface area contributed by atoms with Gasteiger partial charge in [-0.1, -0.05) is 32.9 Å². The second-order valence-electron chi connectivity index (χ2n) is 10.2. The van der Waals surface area contributed by atoms with E-state index in [1.54, 1.807) is 10.6 Å². The molecule has 2 heterocycles. The fourth-order valence-electron chi connectivity index (χ4n) is 4.20. The highest BCUT2D eigenvalue weighted by Gasteiger charge is 2.26. The van der Waals surface area contributed by atoms with E-state index in [2.05, 4.69) is 20.8 Å². The molecule has 174 valence electrons. The van der Waals surface area contributed by atoms with E-state index >= 15 is 0 Å². The van der Waals surface area contributed by atoms with Crippen molar-refractivity contribution in [3.8, 4) is 0 Å². The second-order valence-corrected chi connectivity index (χ2v) is 10.2. The van der Waals surface area contributed by atoms with E-state index in [0.29, 0.717) is 37.6 Å². The van der Waals surface area contributed by atoms with Crippen LogP contribution in [0.4, 0.5) is 5.82 Å². The third-order valence-corrected chi connectivity index (χ3v) is 6.07. The summed E-state index contributed by atoms with van der Waals surface area (Å²) in [4.78, 5) is 42.6. The van der Waals surface area contributed by atoms with Gasteiger partial charge in [0.1, 0.15) is 5.82 Å². The molecule has 1 aromatic carbocycles. The molecule has 32 heavy (non-hydrogen) atoms. The number of hydrogen-bond acceptors (Lipinski definition) is 4. The van der Waals surface area contributed by atoms with Crippen molar-refractivity contribution in [1.29, 1.82) is 0 Å². The first kappa shape index (κ1) is 23.8. The number of nitrogens with zero attached hydrogens (tertiary/aromatic N) is 4. The Morgan fingerprint density at radius 2 is 1.38 bits per heavy atom. The Balaban J connectivity index is 1.79. The average Bonchev–Trinajstić information content (AvgIpc) is 2.71. The number of rotatable bonds is 4. The van der Waals surface area contributed by atoms with Gasteiger partial charge in [-0.15, -0.1) is 0 Å². The zero-order valence-corrected chi connectivity index (χ0v) is 20.4. The number of carbonyl (C=O) groups is 1. The Morgan fingerprint density at radius 1 is 0.844 bits per heavy atom. The molecule has 0 radical (unpaired) electrons. The van der Waals surface area contributed by atoms with Crippen LogP contribution in [0.25, 0.3) is 0 Å². The molecule has 1 aliphatic rings. The van der Waals surface area contributed by atoms with E-state index in [-0.39, 0.29) is 34.7 Å². The molecule has 7 nitrogen and oxygen atoms in total. The molecule has 1 amide bonds. The van der Waals surface area contributed by atoms with Crippen LogP contribution in [-0.4, -0.2) is 46.1 Å². The smallest absolute Gasteiger partial charge is 0.333 e. The number of hydrogen-bond donors (Lipinski definition) is 0. The monoisotopic (exact) mass is 440 g/mol. The maximum atomic E-state index is 13.0. The van der Waals surface area contributed by atoms with E-state index in [4.69, 9.17) is 0 Å². The highest BCUT2D eigenvalue weighted by Crippen LogP contribution is 2.23. The molecular weight excluding hydrogens is 404 g/mol. The van der Waals surface area contributed by atoms with Crippen LogP contribution in [0.1, 0.15) is 76.5 Å². The first-order valence-corrected chi connectivity index (χ1v) is 11.4. The van der Waals surface area contributed by atoms with Gasteiger partial charge in [0.2, 0.25) is 0 Å². The van der Waals surface area contributed by atoms with Crippen molar-refractivity contribution in [2.75, 3.05) is 31.1 Å². The van der Waals surface area contributed by atoms with Crippen molar-refractivity contribution >= 4 is 11.7 Å². The summed E-state index contributed by atoms with van der Waals surface area (Å²) >= 11 is 0. The maximum Gasteiger partial charge on any atom is 0.333 e. The largest absolute Gasteiger partial charge is 0.354 e. The molecular formula is C25H36N4O3. The zero-order valence-electron chi connectivity index (χ0n) is 20.4. The minimum atomic E-state index is -0.283. The van der Waals surface area contributed by atoms with Crippen LogP contribution >= 0.6 is 0 Å². The Morgan fingerprint density at radius 3 is 1.84 bits per heavy atom. The number of amides is 1. The van der Waals surface area contributed by atoms with Gasteiger partial charge in [-0.3, -0.25) is 18.7 Å². The molecule has 2 aromatic rings. The summed E-state index contributed by atoms with van der Waals surface area (Å²) in [6, 6.07) is 9.12. The van der Waals surface area contributed by atoms with Gasteiger partial charge in [0.15, 0.2) is 0 Å². The summed E-state index contributed by atoms with van der Waals surface area (Å²) in [6.45, 7) is 16.3. The third kappa shape index (κ3) is 4.66. The van der Waals surface area contributed by atoms with E-state index in [1.165, 1.54) is 10.1 Å². The van der Waals surface area contributed by atoms with Crippen molar-refractivity contribution in [3.63, 3.8) is 0 Å². The Labute approximate surface area is 190 Å². The van der Waals surface area contributed by atoms with E-state index in [1.807, 2.05) is 61.8 Å². The molecule has 7 heteroatoms. The normalized spacial score (nSPS) is 15.0. The first-order valence-electron chi connectivity index (χ1n) is 11.4. The van der Waals surface area contributed by atoms with Crippen LogP contribution in [0.3, 0.4) is 0 Å². The quantitative estimate of drug-likeness (QED) is 0.731. The topological polar surface area (TPSA) is 67.5 Å². The van der Waals surface area contributed by atoms with E-state index in [0.717, 1.165) is 0 Å². The molecule has 0 aliphatic carbocycles. The van der Waals surface area contributed by atoms with Gasteiger partial charge < -0.3 is 9.80 Å². The van der Waals surface area contributed by atoms with Crippen molar-refractivity contribution in [3.05, 3.63) is 62.3 Å². The van der Waals surface area contributed by atoms with Crippen LogP contribution in [0.15, 0.2) is 39.9 Å². The predicted molar refractivity (Wildman–Crippen MR) is 129 cm³/mol. The Kier molecular flexibility index (Phi) is 6.67. The molecule has 0 N–H and O–H groups in total. The first-order chi connectivity index (χ1) is 14.9. The van der Waals surface area contributed by atoms with Gasteiger partial charge in [0.25, 0.3) is 11.5 Å². The van der Waals surface area contributed by atoms with Gasteiger partial charge in [-0.05, 0) is 50.8 Å². The van der Waals surface area contributed by atoms with Crippen LogP contribution in [0, 0.1) is 0 Å². The molecule has 0 spiro atoms. The maximum absolute atomic E-state index is 13.0. The Bertz CT molecular complexity index is 1080. The van der Waals surface area contributed by atoms with Crippen molar-refractivity contribution in [2.24, 2.45) is 0 Å². The molecule has 0 unspecified atom stereocenters. The van der Waals surface area contributed by atoms with Crippen LogP contribution in [-0.2, 0) is 5.41 Å². The van der Waals surface area contributed by atoms with Gasteiger partial charge in [-0.25, -0.2) is 4.79 Å². The molecule has 1 fully saturated rings. The summed E-state index contributed by atoms with van der Waals surface area (Å²) in [7, 11) is 0. The molecule has 0 bridgehead atoms. The fourth-order valence-corrected chi connectivity index (χ4v) is 4.20. The fraction of sp³-hybridized carbons (Fsp3) is 0.560. The van der Waals surface area contributed by atoms with Crippen LogP contribution in [0.2, 0.25) is 0 Å². The molecule has 0 saturated carbocycles.